The van der Waals surface area contributed by atoms with Gasteiger partial charge < -0.3 is 4.74 Å². The summed E-state index contributed by atoms with van der Waals surface area (Å²) in [6.07, 6.45) is 1.05. The lowest BCUT2D eigenvalue weighted by atomic mass is 9.96. The van der Waals surface area contributed by atoms with E-state index in [4.69, 9.17) is 16.3 Å². The number of benzene rings is 2. The highest BCUT2D eigenvalue weighted by atomic mass is 35.5. The van der Waals surface area contributed by atoms with Crippen LogP contribution < -0.4 is 0 Å². The summed E-state index contributed by atoms with van der Waals surface area (Å²) in [5, 5.41) is 0.834. The Morgan fingerprint density at radius 1 is 1.07 bits per heavy atom. The van der Waals surface area contributed by atoms with E-state index in [0.717, 1.165) is 57.4 Å². The number of piperazine rings is 1. The first kappa shape index (κ1) is 19.3. The third kappa shape index (κ3) is 4.52. The van der Waals surface area contributed by atoms with E-state index < -0.39 is 0 Å². The SMILES string of the molecule is CCOCCN1CCN(C2Cc3ccccc3Sc3ccc(Cl)cc32)CC1. The molecule has 0 aromatic heterocycles. The van der Waals surface area contributed by atoms with Crippen LogP contribution in [0.25, 0.3) is 0 Å². The standard InChI is InChI=1S/C22H27ClN2OS/c1-2-26-14-13-24-9-11-25(12-10-24)20-15-17-5-3-4-6-21(17)27-22-8-7-18(23)16-19(20)22/h3-8,16,20H,2,9-15H2,1H3. The predicted octanol–water partition coefficient (Wildman–Crippen LogP) is 4.74. The Morgan fingerprint density at radius 2 is 1.89 bits per heavy atom. The molecule has 144 valence electrons. The fraction of sp³-hybridized carbons (Fsp3) is 0.455. The molecule has 2 aliphatic rings. The van der Waals surface area contributed by atoms with Crippen molar-refractivity contribution in [2.24, 2.45) is 0 Å². The molecule has 1 atom stereocenters. The molecule has 0 spiro atoms. The topological polar surface area (TPSA) is 15.7 Å². The largest absolute Gasteiger partial charge is 0.380 e. The van der Waals surface area contributed by atoms with Crippen LogP contribution in [-0.4, -0.2) is 55.7 Å². The minimum atomic E-state index is 0.392. The Bertz CT molecular complexity index is 777. The maximum absolute atomic E-state index is 6.39. The van der Waals surface area contributed by atoms with Crippen LogP contribution in [0, 0.1) is 0 Å². The van der Waals surface area contributed by atoms with Gasteiger partial charge in [0.2, 0.25) is 0 Å². The molecule has 0 saturated carbocycles. The number of hydrogen-bond acceptors (Lipinski definition) is 4. The van der Waals surface area contributed by atoms with Gasteiger partial charge in [-0.15, -0.1) is 0 Å². The van der Waals surface area contributed by atoms with E-state index in [2.05, 4.69) is 53.1 Å². The van der Waals surface area contributed by atoms with Gasteiger partial charge in [0.05, 0.1) is 6.61 Å². The van der Waals surface area contributed by atoms with Gasteiger partial charge in [0.1, 0.15) is 0 Å². The summed E-state index contributed by atoms with van der Waals surface area (Å²) in [6.45, 7) is 9.13. The molecule has 0 aliphatic carbocycles. The number of nitrogens with zero attached hydrogens (tertiary/aromatic N) is 2. The summed E-state index contributed by atoms with van der Waals surface area (Å²) in [5.74, 6) is 0. The van der Waals surface area contributed by atoms with Gasteiger partial charge in [-0.2, -0.15) is 0 Å². The first-order valence-electron chi connectivity index (χ1n) is 9.84. The third-order valence-corrected chi connectivity index (χ3v) is 6.99. The van der Waals surface area contributed by atoms with Crippen molar-refractivity contribution in [2.75, 3.05) is 45.9 Å². The molecule has 1 unspecified atom stereocenters. The van der Waals surface area contributed by atoms with Crippen molar-refractivity contribution in [3.63, 3.8) is 0 Å². The fourth-order valence-electron chi connectivity index (χ4n) is 4.04. The van der Waals surface area contributed by atoms with Crippen molar-refractivity contribution in [3.8, 4) is 0 Å². The van der Waals surface area contributed by atoms with Crippen LogP contribution in [0.2, 0.25) is 5.02 Å². The van der Waals surface area contributed by atoms with Gasteiger partial charge >= 0.3 is 0 Å². The predicted molar refractivity (Wildman–Crippen MR) is 113 cm³/mol. The third-order valence-electron chi connectivity index (χ3n) is 5.54. The Balaban J connectivity index is 1.54. The molecule has 4 rings (SSSR count). The Labute approximate surface area is 171 Å². The van der Waals surface area contributed by atoms with Crippen molar-refractivity contribution < 1.29 is 4.74 Å². The van der Waals surface area contributed by atoms with Crippen molar-refractivity contribution in [3.05, 3.63) is 58.6 Å². The molecule has 2 aromatic carbocycles. The lowest BCUT2D eigenvalue weighted by Gasteiger charge is -2.39. The lowest BCUT2D eigenvalue weighted by Crippen LogP contribution is -2.48. The highest BCUT2D eigenvalue weighted by molar-refractivity contribution is 7.99. The zero-order chi connectivity index (χ0) is 18.6. The molecule has 0 N–H and O–H groups in total. The molecule has 1 saturated heterocycles. The highest BCUT2D eigenvalue weighted by Gasteiger charge is 2.30. The number of ether oxygens (including phenoxy) is 1. The summed E-state index contributed by atoms with van der Waals surface area (Å²) >= 11 is 8.27. The van der Waals surface area contributed by atoms with Crippen LogP contribution in [0.5, 0.6) is 0 Å². The monoisotopic (exact) mass is 402 g/mol. The molecular formula is C22H27ClN2OS. The molecule has 0 amide bonds. The van der Waals surface area contributed by atoms with Crippen molar-refractivity contribution in [2.45, 2.75) is 29.2 Å². The molecule has 2 aromatic rings. The summed E-state index contributed by atoms with van der Waals surface area (Å²) in [6, 6.07) is 15.6. The fourth-order valence-corrected chi connectivity index (χ4v) is 5.34. The van der Waals surface area contributed by atoms with Crippen molar-refractivity contribution in [1.82, 2.24) is 9.80 Å². The Morgan fingerprint density at radius 3 is 2.70 bits per heavy atom. The van der Waals surface area contributed by atoms with Crippen LogP contribution in [0.3, 0.4) is 0 Å². The highest BCUT2D eigenvalue weighted by Crippen LogP contribution is 2.43. The second-order valence-electron chi connectivity index (χ2n) is 7.19. The molecule has 3 nitrogen and oxygen atoms in total. The van der Waals surface area contributed by atoms with E-state index in [9.17, 15) is 0 Å². The van der Waals surface area contributed by atoms with Gasteiger partial charge in [-0.3, -0.25) is 9.80 Å². The second-order valence-corrected chi connectivity index (χ2v) is 8.71. The first-order valence-corrected chi connectivity index (χ1v) is 11.0. The van der Waals surface area contributed by atoms with Crippen LogP contribution in [0.4, 0.5) is 0 Å². The van der Waals surface area contributed by atoms with E-state index in [1.165, 1.54) is 20.9 Å². The van der Waals surface area contributed by atoms with Crippen LogP contribution in [-0.2, 0) is 11.2 Å². The smallest absolute Gasteiger partial charge is 0.0593 e. The van der Waals surface area contributed by atoms with E-state index in [-0.39, 0.29) is 0 Å². The van der Waals surface area contributed by atoms with Gasteiger partial charge in [-0.05, 0) is 48.7 Å². The van der Waals surface area contributed by atoms with E-state index in [1.54, 1.807) is 0 Å². The molecule has 2 aliphatic heterocycles. The minimum absolute atomic E-state index is 0.392. The zero-order valence-electron chi connectivity index (χ0n) is 15.9. The minimum Gasteiger partial charge on any atom is -0.380 e. The number of hydrogen-bond donors (Lipinski definition) is 0. The van der Waals surface area contributed by atoms with E-state index in [0.29, 0.717) is 6.04 Å². The molecule has 5 heteroatoms. The average Bonchev–Trinajstić information content (AvgIpc) is 2.85. The molecule has 27 heavy (non-hydrogen) atoms. The number of rotatable bonds is 5. The van der Waals surface area contributed by atoms with Crippen LogP contribution in [0.1, 0.15) is 24.1 Å². The molecule has 0 bridgehead atoms. The summed E-state index contributed by atoms with van der Waals surface area (Å²) in [5.41, 5.74) is 2.82. The Kier molecular flexibility index (Phi) is 6.41. The second kappa shape index (κ2) is 8.97. The first-order chi connectivity index (χ1) is 13.2. The maximum Gasteiger partial charge on any atom is 0.0593 e. The summed E-state index contributed by atoms with van der Waals surface area (Å²) < 4.78 is 5.52. The van der Waals surface area contributed by atoms with Gasteiger partial charge in [-0.25, -0.2) is 0 Å². The molecular weight excluding hydrogens is 376 g/mol. The zero-order valence-corrected chi connectivity index (χ0v) is 17.4. The van der Waals surface area contributed by atoms with Gasteiger partial charge in [0, 0.05) is 60.2 Å². The van der Waals surface area contributed by atoms with Crippen molar-refractivity contribution in [1.29, 1.82) is 0 Å². The van der Waals surface area contributed by atoms with Crippen molar-refractivity contribution >= 4 is 23.4 Å². The van der Waals surface area contributed by atoms with Gasteiger partial charge in [-0.1, -0.05) is 41.6 Å². The normalized spacial score (nSPS) is 20.7. The van der Waals surface area contributed by atoms with Crippen LogP contribution >= 0.6 is 23.4 Å². The van der Waals surface area contributed by atoms with E-state index in [1.807, 2.05) is 17.8 Å². The maximum atomic E-state index is 6.39. The molecule has 1 fully saturated rings. The average molecular weight is 403 g/mol. The number of halogens is 1. The van der Waals surface area contributed by atoms with E-state index >= 15 is 0 Å². The summed E-state index contributed by atoms with van der Waals surface area (Å²) in [7, 11) is 0. The van der Waals surface area contributed by atoms with Gasteiger partial charge in [0.25, 0.3) is 0 Å². The quantitative estimate of drug-likeness (QED) is 0.671. The molecule has 2 heterocycles. The number of fused-ring (bicyclic) bond motifs is 2. The van der Waals surface area contributed by atoms with Gasteiger partial charge in [0.15, 0.2) is 0 Å². The molecule has 0 radical (unpaired) electrons. The van der Waals surface area contributed by atoms with Crippen LogP contribution in [0.15, 0.2) is 52.3 Å². The lowest BCUT2D eigenvalue weighted by molar-refractivity contribution is 0.0635. The summed E-state index contributed by atoms with van der Waals surface area (Å²) in [4.78, 5) is 7.88. The Hall–Kier alpha value is -1.04.